The van der Waals surface area contributed by atoms with E-state index in [4.69, 9.17) is 0 Å². The van der Waals surface area contributed by atoms with Crippen LogP contribution in [0.4, 0.5) is 5.69 Å². The van der Waals surface area contributed by atoms with E-state index in [1.54, 1.807) is 12.1 Å². The third kappa shape index (κ3) is 3.16. The molecule has 0 unspecified atom stereocenters. The van der Waals surface area contributed by atoms with Crippen LogP contribution in [0.3, 0.4) is 0 Å². The Morgan fingerprint density at radius 1 is 1.47 bits per heavy atom. The van der Waals surface area contributed by atoms with Crippen molar-refractivity contribution in [3.05, 3.63) is 56.4 Å². The first kappa shape index (κ1) is 13.2. The number of hydrogen-bond donors (Lipinski definition) is 1. The van der Waals surface area contributed by atoms with E-state index in [-0.39, 0.29) is 17.8 Å². The van der Waals surface area contributed by atoms with E-state index >= 15 is 0 Å². The monoisotopic (exact) mass is 325 g/mol. The van der Waals surface area contributed by atoms with Gasteiger partial charge >= 0.3 is 0 Å². The van der Waals surface area contributed by atoms with Crippen molar-refractivity contribution in [2.24, 2.45) is 0 Å². The van der Waals surface area contributed by atoms with Crippen LogP contribution < -0.4 is 5.32 Å². The van der Waals surface area contributed by atoms with Crippen LogP contribution in [-0.2, 0) is 6.54 Å². The molecular formula is C11H8BrN3O4. The average molecular weight is 326 g/mol. The number of aromatic nitrogens is 1. The van der Waals surface area contributed by atoms with Crippen LogP contribution >= 0.6 is 15.9 Å². The van der Waals surface area contributed by atoms with Crippen LogP contribution in [0, 0.1) is 10.1 Å². The topological polar surface area (TPSA) is 98.3 Å². The largest absolute Gasteiger partial charge is 0.364 e. The van der Waals surface area contributed by atoms with Gasteiger partial charge in [-0.3, -0.25) is 14.9 Å². The summed E-state index contributed by atoms with van der Waals surface area (Å²) in [6, 6.07) is 5.83. The molecule has 8 heteroatoms. The molecule has 0 aliphatic carbocycles. The molecule has 0 radical (unpaired) electrons. The molecule has 1 N–H and O–H groups in total. The molecule has 19 heavy (non-hydrogen) atoms. The quantitative estimate of drug-likeness (QED) is 0.686. The van der Waals surface area contributed by atoms with Gasteiger partial charge in [-0.2, -0.15) is 0 Å². The van der Waals surface area contributed by atoms with Crippen molar-refractivity contribution < 1.29 is 14.2 Å². The SMILES string of the molecule is O=C(NCc1ccon1)c1ccc(Br)cc1[N+](=O)[O-]. The molecule has 98 valence electrons. The highest BCUT2D eigenvalue weighted by molar-refractivity contribution is 9.10. The second kappa shape index (κ2) is 5.61. The second-order valence-corrected chi connectivity index (χ2v) is 4.51. The number of nitro benzene ring substituents is 1. The Morgan fingerprint density at radius 2 is 2.26 bits per heavy atom. The van der Waals surface area contributed by atoms with Crippen LogP contribution in [0.2, 0.25) is 0 Å². The summed E-state index contributed by atoms with van der Waals surface area (Å²) < 4.78 is 5.15. The third-order valence-electron chi connectivity index (χ3n) is 2.32. The van der Waals surface area contributed by atoms with E-state index in [1.165, 1.54) is 18.4 Å². The molecule has 0 spiro atoms. The van der Waals surface area contributed by atoms with Gasteiger partial charge in [-0.05, 0) is 12.1 Å². The number of amides is 1. The van der Waals surface area contributed by atoms with Gasteiger partial charge in [0, 0.05) is 16.6 Å². The molecule has 1 amide bonds. The minimum atomic E-state index is -0.601. The maximum Gasteiger partial charge on any atom is 0.283 e. The zero-order valence-electron chi connectivity index (χ0n) is 9.50. The Balaban J connectivity index is 2.16. The van der Waals surface area contributed by atoms with Gasteiger partial charge in [0.15, 0.2) is 0 Å². The van der Waals surface area contributed by atoms with E-state index < -0.39 is 10.8 Å². The summed E-state index contributed by atoms with van der Waals surface area (Å²) in [4.78, 5) is 22.2. The third-order valence-corrected chi connectivity index (χ3v) is 2.82. The van der Waals surface area contributed by atoms with Crippen molar-refractivity contribution >= 4 is 27.5 Å². The Kier molecular flexibility index (Phi) is 3.91. The molecule has 0 fully saturated rings. The molecule has 0 atom stereocenters. The Labute approximate surface area is 115 Å². The fraction of sp³-hybridized carbons (Fsp3) is 0.0909. The number of carbonyl (C=O) groups is 1. The van der Waals surface area contributed by atoms with Gasteiger partial charge in [0.05, 0.1) is 11.5 Å². The van der Waals surface area contributed by atoms with Crippen molar-refractivity contribution in [3.8, 4) is 0 Å². The molecule has 2 aromatic rings. The molecule has 2 rings (SSSR count). The first-order valence-electron chi connectivity index (χ1n) is 5.19. The van der Waals surface area contributed by atoms with Crippen LogP contribution in [0.15, 0.2) is 39.5 Å². The van der Waals surface area contributed by atoms with Crippen molar-refractivity contribution in [3.63, 3.8) is 0 Å². The van der Waals surface area contributed by atoms with E-state index in [1.807, 2.05) is 0 Å². The summed E-state index contributed by atoms with van der Waals surface area (Å²) in [5.74, 6) is -0.540. The highest BCUT2D eigenvalue weighted by atomic mass is 79.9. The fourth-order valence-electron chi connectivity index (χ4n) is 1.44. The van der Waals surface area contributed by atoms with Gasteiger partial charge in [0.25, 0.3) is 11.6 Å². The van der Waals surface area contributed by atoms with Crippen molar-refractivity contribution in [1.82, 2.24) is 10.5 Å². The second-order valence-electron chi connectivity index (χ2n) is 3.59. The van der Waals surface area contributed by atoms with Crippen LogP contribution in [0.1, 0.15) is 16.1 Å². The van der Waals surface area contributed by atoms with Crippen molar-refractivity contribution in [2.75, 3.05) is 0 Å². The van der Waals surface area contributed by atoms with Crippen molar-refractivity contribution in [1.29, 1.82) is 0 Å². The Bertz CT molecular complexity index is 612. The zero-order valence-corrected chi connectivity index (χ0v) is 11.1. The van der Waals surface area contributed by atoms with Gasteiger partial charge in [0.2, 0.25) is 0 Å². The first-order valence-corrected chi connectivity index (χ1v) is 5.98. The molecule has 1 heterocycles. The number of nitrogens with one attached hydrogen (secondary N) is 1. The van der Waals surface area contributed by atoms with Gasteiger partial charge in [0.1, 0.15) is 17.5 Å². The number of carbonyl (C=O) groups excluding carboxylic acids is 1. The summed E-state index contributed by atoms with van der Waals surface area (Å²) in [7, 11) is 0. The highest BCUT2D eigenvalue weighted by Crippen LogP contribution is 2.23. The van der Waals surface area contributed by atoms with Crippen molar-refractivity contribution in [2.45, 2.75) is 6.54 Å². The Morgan fingerprint density at radius 3 is 2.89 bits per heavy atom. The predicted molar refractivity (Wildman–Crippen MR) is 68.5 cm³/mol. The lowest BCUT2D eigenvalue weighted by molar-refractivity contribution is -0.385. The average Bonchev–Trinajstić information content (AvgIpc) is 2.88. The summed E-state index contributed by atoms with van der Waals surface area (Å²) >= 11 is 3.13. The van der Waals surface area contributed by atoms with E-state index in [2.05, 4.69) is 30.9 Å². The summed E-state index contributed by atoms with van der Waals surface area (Å²) in [5, 5.41) is 17.0. The molecule has 0 saturated carbocycles. The van der Waals surface area contributed by atoms with Gasteiger partial charge in [-0.25, -0.2) is 0 Å². The molecule has 1 aromatic carbocycles. The minimum absolute atomic E-state index is 0.00306. The zero-order chi connectivity index (χ0) is 13.8. The minimum Gasteiger partial charge on any atom is -0.364 e. The lowest BCUT2D eigenvalue weighted by Gasteiger charge is -2.04. The smallest absolute Gasteiger partial charge is 0.283 e. The normalized spacial score (nSPS) is 10.2. The maximum atomic E-state index is 11.9. The number of benzene rings is 1. The predicted octanol–water partition coefficient (Wildman–Crippen LogP) is 2.28. The number of halogens is 1. The summed E-state index contributed by atoms with van der Waals surface area (Å²) in [6.07, 6.45) is 1.38. The number of rotatable bonds is 4. The lowest BCUT2D eigenvalue weighted by Crippen LogP contribution is -2.23. The van der Waals surface area contributed by atoms with E-state index in [0.29, 0.717) is 10.2 Å². The molecule has 1 aromatic heterocycles. The first-order chi connectivity index (χ1) is 9.08. The Hall–Kier alpha value is -2.22. The summed E-state index contributed by atoms with van der Waals surface area (Å²) in [6.45, 7) is 0.141. The van der Waals surface area contributed by atoms with Crippen LogP contribution in [-0.4, -0.2) is 16.0 Å². The van der Waals surface area contributed by atoms with E-state index in [0.717, 1.165) is 0 Å². The maximum absolute atomic E-state index is 11.9. The molecule has 0 saturated heterocycles. The number of nitrogens with zero attached hydrogens (tertiary/aromatic N) is 2. The van der Waals surface area contributed by atoms with Gasteiger partial charge in [-0.1, -0.05) is 21.1 Å². The highest BCUT2D eigenvalue weighted by Gasteiger charge is 2.20. The number of hydrogen-bond acceptors (Lipinski definition) is 5. The number of nitro groups is 1. The van der Waals surface area contributed by atoms with Crippen LogP contribution in [0.5, 0.6) is 0 Å². The van der Waals surface area contributed by atoms with Gasteiger partial charge in [-0.15, -0.1) is 0 Å². The lowest BCUT2D eigenvalue weighted by atomic mass is 10.1. The van der Waals surface area contributed by atoms with Crippen LogP contribution in [0.25, 0.3) is 0 Å². The van der Waals surface area contributed by atoms with Gasteiger partial charge < -0.3 is 9.84 Å². The molecular weight excluding hydrogens is 318 g/mol. The molecule has 7 nitrogen and oxygen atoms in total. The molecule has 0 aliphatic heterocycles. The van der Waals surface area contributed by atoms with E-state index in [9.17, 15) is 14.9 Å². The summed E-state index contributed by atoms with van der Waals surface area (Å²) in [5.41, 5.74) is 0.275. The molecule has 0 bridgehead atoms. The standard InChI is InChI=1S/C11H8BrN3O4/c12-7-1-2-9(10(5-7)15(17)18)11(16)13-6-8-3-4-19-14-8/h1-5H,6H2,(H,13,16). The molecule has 0 aliphatic rings. The fourth-order valence-corrected chi connectivity index (χ4v) is 1.79.